The van der Waals surface area contributed by atoms with Crippen LogP contribution in [0.1, 0.15) is 27.3 Å². The second-order valence-corrected chi connectivity index (χ2v) is 6.27. The number of carbonyl (C=O) groups is 1. The second kappa shape index (κ2) is 11.2. The van der Waals surface area contributed by atoms with Crippen molar-refractivity contribution in [2.45, 2.75) is 20.4 Å². The molecule has 2 rings (SSSR count). The smallest absolute Gasteiger partial charge is 0.255 e. The molecule has 0 bridgehead atoms. The Bertz CT molecular complexity index is 702. The number of amides is 1. The minimum atomic E-state index is -0.0918. The molecule has 1 aromatic heterocycles. The summed E-state index contributed by atoms with van der Waals surface area (Å²) in [6.45, 7) is 7.07. The summed E-state index contributed by atoms with van der Waals surface area (Å²) in [6.07, 6.45) is 0. The molecule has 1 amide bonds. The lowest BCUT2D eigenvalue weighted by atomic mass is 10.1. The number of aromatic nitrogens is 2. The van der Waals surface area contributed by atoms with Gasteiger partial charge >= 0.3 is 0 Å². The van der Waals surface area contributed by atoms with Crippen LogP contribution in [0.5, 0.6) is 0 Å². The van der Waals surface area contributed by atoms with Gasteiger partial charge in [-0.1, -0.05) is 23.7 Å². The highest BCUT2D eigenvalue weighted by molar-refractivity contribution is 6.30. The Morgan fingerprint density at radius 3 is 2.54 bits per heavy atom. The van der Waals surface area contributed by atoms with E-state index in [1.54, 1.807) is 7.11 Å². The van der Waals surface area contributed by atoms with Crippen LogP contribution >= 0.6 is 24.0 Å². The third-order valence-corrected chi connectivity index (χ3v) is 4.18. The number of ether oxygens (including phenoxy) is 1. The Morgan fingerprint density at radius 1 is 1.19 bits per heavy atom. The summed E-state index contributed by atoms with van der Waals surface area (Å²) in [7, 11) is 1.66. The number of carbonyl (C=O) groups excluding carboxylic acids is 1. The molecule has 0 radical (unpaired) electrons. The van der Waals surface area contributed by atoms with Crippen molar-refractivity contribution >= 4 is 29.9 Å². The molecule has 1 heterocycles. The van der Waals surface area contributed by atoms with Gasteiger partial charge in [0.15, 0.2) is 0 Å². The molecular weight excluding hydrogens is 375 g/mol. The van der Waals surface area contributed by atoms with Gasteiger partial charge in [-0.3, -0.25) is 9.48 Å². The highest BCUT2D eigenvalue weighted by Gasteiger charge is 2.18. The van der Waals surface area contributed by atoms with Crippen molar-refractivity contribution in [2.75, 3.05) is 33.4 Å². The normalized spacial score (nSPS) is 10.5. The number of nitrogens with one attached hydrogen (secondary N) is 2. The van der Waals surface area contributed by atoms with E-state index < -0.39 is 0 Å². The number of benzene rings is 1. The van der Waals surface area contributed by atoms with Gasteiger partial charge in [0.1, 0.15) is 0 Å². The van der Waals surface area contributed by atoms with E-state index in [1.165, 1.54) is 0 Å². The Hall–Kier alpha value is -1.60. The molecule has 0 aliphatic carbocycles. The summed E-state index contributed by atoms with van der Waals surface area (Å²) in [5.74, 6) is -0.0918. The van der Waals surface area contributed by atoms with Crippen LogP contribution in [0.3, 0.4) is 0 Å². The average molecular weight is 401 g/mol. The molecule has 2 aromatic rings. The molecular formula is C18H26Cl2N4O2. The first-order valence-corrected chi connectivity index (χ1v) is 8.67. The van der Waals surface area contributed by atoms with Gasteiger partial charge in [-0.15, -0.1) is 12.4 Å². The van der Waals surface area contributed by atoms with E-state index in [1.807, 2.05) is 42.8 Å². The number of aryl methyl sites for hydroxylation is 1. The Morgan fingerprint density at radius 2 is 1.88 bits per heavy atom. The Balaban J connectivity index is 0.00000338. The number of nitrogens with zero attached hydrogens (tertiary/aromatic N) is 2. The fourth-order valence-electron chi connectivity index (χ4n) is 2.59. The SMILES string of the molecule is COCCNCCNC(=O)c1c(C)nn(Cc2ccc(Cl)cc2)c1C.Cl. The average Bonchev–Trinajstić information content (AvgIpc) is 2.86. The highest BCUT2D eigenvalue weighted by atomic mass is 35.5. The third kappa shape index (κ3) is 6.29. The van der Waals surface area contributed by atoms with Crippen molar-refractivity contribution in [3.63, 3.8) is 0 Å². The first-order chi connectivity index (χ1) is 12.0. The third-order valence-electron chi connectivity index (χ3n) is 3.92. The number of halogens is 2. The van der Waals surface area contributed by atoms with Gasteiger partial charge in [0, 0.05) is 37.5 Å². The van der Waals surface area contributed by atoms with Crippen LogP contribution in [-0.4, -0.2) is 49.0 Å². The highest BCUT2D eigenvalue weighted by Crippen LogP contribution is 2.16. The van der Waals surface area contributed by atoms with Gasteiger partial charge in [0.05, 0.1) is 24.4 Å². The van der Waals surface area contributed by atoms with Gasteiger partial charge < -0.3 is 15.4 Å². The van der Waals surface area contributed by atoms with Crippen molar-refractivity contribution in [3.05, 3.63) is 51.8 Å². The maximum atomic E-state index is 12.5. The summed E-state index contributed by atoms with van der Waals surface area (Å²) in [5, 5.41) is 11.3. The first kappa shape index (κ1) is 22.4. The van der Waals surface area contributed by atoms with E-state index in [9.17, 15) is 4.79 Å². The molecule has 6 nitrogen and oxygen atoms in total. The summed E-state index contributed by atoms with van der Waals surface area (Å²) < 4.78 is 6.81. The molecule has 0 fully saturated rings. The number of hydrogen-bond donors (Lipinski definition) is 2. The van der Waals surface area contributed by atoms with Crippen molar-refractivity contribution in [2.24, 2.45) is 0 Å². The van der Waals surface area contributed by atoms with Crippen LogP contribution in [0.15, 0.2) is 24.3 Å². The number of methoxy groups -OCH3 is 1. The minimum absolute atomic E-state index is 0. The van der Waals surface area contributed by atoms with Crippen LogP contribution in [0.25, 0.3) is 0 Å². The van der Waals surface area contributed by atoms with Crippen LogP contribution < -0.4 is 10.6 Å². The van der Waals surface area contributed by atoms with Crippen LogP contribution in [0, 0.1) is 13.8 Å². The molecule has 0 saturated carbocycles. The van der Waals surface area contributed by atoms with Crippen molar-refractivity contribution in [3.8, 4) is 0 Å². The lowest BCUT2D eigenvalue weighted by Gasteiger charge is -2.08. The first-order valence-electron chi connectivity index (χ1n) is 8.29. The monoisotopic (exact) mass is 400 g/mol. The quantitative estimate of drug-likeness (QED) is 0.634. The van der Waals surface area contributed by atoms with E-state index in [0.29, 0.717) is 36.8 Å². The summed E-state index contributed by atoms with van der Waals surface area (Å²) in [4.78, 5) is 12.5. The molecule has 26 heavy (non-hydrogen) atoms. The summed E-state index contributed by atoms with van der Waals surface area (Å²) >= 11 is 5.92. The lowest BCUT2D eigenvalue weighted by Crippen LogP contribution is -2.33. The maximum absolute atomic E-state index is 12.5. The van der Waals surface area contributed by atoms with Crippen molar-refractivity contribution < 1.29 is 9.53 Å². The molecule has 1 aromatic carbocycles. The predicted molar refractivity (Wildman–Crippen MR) is 107 cm³/mol. The number of hydrogen-bond acceptors (Lipinski definition) is 4. The van der Waals surface area contributed by atoms with E-state index in [4.69, 9.17) is 16.3 Å². The molecule has 8 heteroatoms. The van der Waals surface area contributed by atoms with Crippen molar-refractivity contribution in [1.82, 2.24) is 20.4 Å². The second-order valence-electron chi connectivity index (χ2n) is 5.83. The van der Waals surface area contributed by atoms with E-state index in [2.05, 4.69) is 15.7 Å². The van der Waals surface area contributed by atoms with Crippen LogP contribution in [-0.2, 0) is 11.3 Å². The maximum Gasteiger partial charge on any atom is 0.255 e. The fraction of sp³-hybridized carbons (Fsp3) is 0.444. The number of rotatable bonds is 9. The van der Waals surface area contributed by atoms with Crippen LogP contribution in [0.2, 0.25) is 5.02 Å². The van der Waals surface area contributed by atoms with Gasteiger partial charge in [-0.25, -0.2) is 0 Å². The topological polar surface area (TPSA) is 68.2 Å². The van der Waals surface area contributed by atoms with Gasteiger partial charge in [-0.05, 0) is 31.5 Å². The minimum Gasteiger partial charge on any atom is -0.383 e. The van der Waals surface area contributed by atoms with E-state index in [0.717, 1.165) is 23.5 Å². The molecule has 0 aliphatic rings. The largest absolute Gasteiger partial charge is 0.383 e. The van der Waals surface area contributed by atoms with Crippen LogP contribution in [0.4, 0.5) is 0 Å². The predicted octanol–water partition coefficient (Wildman–Crippen LogP) is 2.59. The molecule has 144 valence electrons. The lowest BCUT2D eigenvalue weighted by molar-refractivity contribution is 0.0952. The van der Waals surface area contributed by atoms with E-state index in [-0.39, 0.29) is 18.3 Å². The van der Waals surface area contributed by atoms with E-state index >= 15 is 0 Å². The molecule has 0 unspecified atom stereocenters. The van der Waals surface area contributed by atoms with Crippen molar-refractivity contribution in [1.29, 1.82) is 0 Å². The Kier molecular flexibility index (Phi) is 9.65. The zero-order valence-electron chi connectivity index (χ0n) is 15.3. The standard InChI is InChI=1S/C18H25ClN4O2.ClH/c1-13-17(18(24)21-9-8-20-10-11-25-3)14(2)23(22-13)12-15-4-6-16(19)7-5-15;/h4-7,20H,8-12H2,1-3H3,(H,21,24);1H. The zero-order valence-corrected chi connectivity index (χ0v) is 16.9. The summed E-state index contributed by atoms with van der Waals surface area (Å²) in [6, 6.07) is 7.63. The molecule has 0 aliphatic heterocycles. The summed E-state index contributed by atoms with van der Waals surface area (Å²) in [5.41, 5.74) is 3.32. The van der Waals surface area contributed by atoms with Gasteiger partial charge in [0.2, 0.25) is 0 Å². The molecule has 0 saturated heterocycles. The fourth-order valence-corrected chi connectivity index (χ4v) is 2.72. The van der Waals surface area contributed by atoms with Gasteiger partial charge in [-0.2, -0.15) is 5.10 Å². The zero-order chi connectivity index (χ0) is 18.2. The molecule has 2 N–H and O–H groups in total. The molecule has 0 atom stereocenters. The van der Waals surface area contributed by atoms with Gasteiger partial charge in [0.25, 0.3) is 5.91 Å². The molecule has 0 spiro atoms. The Labute approximate surface area is 165 Å².